The molecule has 11 rings (SSSR count). The van der Waals surface area contributed by atoms with Gasteiger partial charge < -0.3 is 16.0 Å². The van der Waals surface area contributed by atoms with E-state index in [2.05, 4.69) is 40.9 Å². The van der Waals surface area contributed by atoms with E-state index in [1.54, 1.807) is 60.9 Å². The van der Waals surface area contributed by atoms with Crippen molar-refractivity contribution in [2.24, 2.45) is 0 Å². The van der Waals surface area contributed by atoms with Gasteiger partial charge in [0.25, 0.3) is 0 Å². The van der Waals surface area contributed by atoms with Gasteiger partial charge in [0.15, 0.2) is 11.3 Å². The van der Waals surface area contributed by atoms with E-state index in [0.717, 1.165) is 47.8 Å². The molecule has 2 saturated carbocycles. The number of anilines is 4. The Hall–Kier alpha value is -7.46. The fraction of sp³-hybridized carbons (Fsp3) is 0.208. The zero-order chi connectivity index (χ0) is 44.3. The molecule has 326 valence electrons. The molecule has 6 aromatic heterocycles. The predicted molar refractivity (Wildman–Crippen MR) is 246 cm³/mol. The molecule has 2 aliphatic rings. The number of pyridine rings is 2. The molecule has 0 bridgehead atoms. The number of benzene rings is 3. The van der Waals surface area contributed by atoms with Gasteiger partial charge in [0.05, 0.1) is 11.0 Å². The molecule has 6 heterocycles. The minimum absolute atomic E-state index is 0.303. The average molecular weight is 892 g/mol. The van der Waals surface area contributed by atoms with Crippen molar-refractivity contribution in [3.63, 3.8) is 0 Å². The molecule has 17 heteroatoms. The fourth-order valence-corrected chi connectivity index (χ4v) is 8.47. The topological polar surface area (TPSA) is 149 Å². The number of rotatable bonds is 10. The molecule has 0 amide bonds. The van der Waals surface area contributed by atoms with E-state index in [0.29, 0.717) is 75.2 Å². The summed E-state index contributed by atoms with van der Waals surface area (Å²) >= 11 is 6.07. The molecular formula is C48H41ClF3N13. The number of halogens is 4. The minimum atomic E-state index is -0.338. The summed E-state index contributed by atoms with van der Waals surface area (Å²) in [6, 6.07) is 30.2. The van der Waals surface area contributed by atoms with Gasteiger partial charge in [0.2, 0.25) is 11.9 Å². The number of imidazole rings is 2. The van der Waals surface area contributed by atoms with E-state index in [1.807, 2.05) is 33.4 Å². The summed E-state index contributed by atoms with van der Waals surface area (Å²) in [5.41, 5.74) is 4.52. The van der Waals surface area contributed by atoms with E-state index < -0.39 is 0 Å². The number of hydrogen-bond acceptors (Lipinski definition) is 11. The molecular weight excluding hydrogens is 851 g/mol. The van der Waals surface area contributed by atoms with Crippen LogP contribution in [0.3, 0.4) is 0 Å². The first-order chi connectivity index (χ1) is 31.8. The van der Waals surface area contributed by atoms with Gasteiger partial charge in [-0.25, -0.2) is 43.1 Å². The van der Waals surface area contributed by atoms with Crippen molar-refractivity contribution < 1.29 is 13.2 Å². The first kappa shape index (κ1) is 41.5. The highest BCUT2D eigenvalue weighted by atomic mass is 35.5. The van der Waals surface area contributed by atoms with Crippen LogP contribution >= 0.6 is 11.6 Å². The van der Waals surface area contributed by atoms with E-state index in [-0.39, 0.29) is 17.5 Å². The molecule has 0 radical (unpaired) electrons. The van der Waals surface area contributed by atoms with Crippen LogP contribution in [-0.2, 0) is 0 Å². The number of nitrogens with one attached hydrogen (secondary N) is 3. The van der Waals surface area contributed by atoms with Gasteiger partial charge in [-0.15, -0.1) is 0 Å². The van der Waals surface area contributed by atoms with E-state index in [4.69, 9.17) is 26.6 Å². The second-order valence-corrected chi connectivity index (χ2v) is 16.3. The predicted octanol–water partition coefficient (Wildman–Crippen LogP) is 11.3. The summed E-state index contributed by atoms with van der Waals surface area (Å²) in [4.78, 5) is 36.7. The van der Waals surface area contributed by atoms with Crippen LogP contribution in [0.4, 0.5) is 36.6 Å². The Kier molecular flexibility index (Phi) is 11.7. The van der Waals surface area contributed by atoms with Crippen molar-refractivity contribution in [1.82, 2.24) is 49.0 Å². The van der Waals surface area contributed by atoms with Crippen LogP contribution in [0.5, 0.6) is 0 Å². The number of aromatic nitrogens is 10. The Labute approximate surface area is 376 Å². The maximum atomic E-state index is 13.7. The van der Waals surface area contributed by atoms with Crippen molar-refractivity contribution in [2.75, 3.05) is 16.0 Å². The molecule has 0 unspecified atom stereocenters. The summed E-state index contributed by atoms with van der Waals surface area (Å²) in [5.74, 6) is 3.17. The van der Waals surface area contributed by atoms with Crippen LogP contribution in [0.15, 0.2) is 122 Å². The smallest absolute Gasteiger partial charge is 0.224 e. The third kappa shape index (κ3) is 9.29. The van der Waals surface area contributed by atoms with Crippen LogP contribution < -0.4 is 16.0 Å². The molecule has 2 aliphatic carbocycles. The van der Waals surface area contributed by atoms with Gasteiger partial charge >= 0.3 is 0 Å². The maximum absolute atomic E-state index is 13.7. The van der Waals surface area contributed by atoms with Crippen LogP contribution in [-0.4, -0.2) is 61.1 Å². The summed E-state index contributed by atoms with van der Waals surface area (Å²) in [6.07, 6.45) is 12.8. The van der Waals surface area contributed by atoms with Gasteiger partial charge in [0, 0.05) is 41.3 Å². The lowest BCUT2D eigenvalue weighted by Gasteiger charge is -2.14. The van der Waals surface area contributed by atoms with Crippen molar-refractivity contribution in [2.45, 2.75) is 63.5 Å². The molecule has 0 atom stereocenters. The van der Waals surface area contributed by atoms with Crippen molar-refractivity contribution in [3.05, 3.63) is 144 Å². The minimum Gasteiger partial charge on any atom is -0.351 e. The Balaban J connectivity index is 0.000000157. The highest BCUT2D eigenvalue weighted by molar-refractivity contribution is 6.29. The molecule has 3 N–H and O–H groups in total. The first-order valence-corrected chi connectivity index (χ1v) is 21.9. The number of fused-ring (bicyclic) bond motifs is 2. The monoisotopic (exact) mass is 891 g/mol. The fourth-order valence-electron chi connectivity index (χ4n) is 8.33. The molecule has 0 aliphatic heterocycles. The zero-order valence-electron chi connectivity index (χ0n) is 34.8. The molecule has 3 aromatic carbocycles. The largest absolute Gasteiger partial charge is 0.351 e. The molecule has 0 saturated heterocycles. The second-order valence-electron chi connectivity index (χ2n) is 15.9. The van der Waals surface area contributed by atoms with E-state index in [1.165, 1.54) is 62.1 Å². The SMILES string of the molecule is Fc1ccc(-c2nc3nc(Cl)ccc3n2-c2ccnc(NC3CCCC3)n2)cc1.Fc1ccc(-c2nc3nc(Nc4cccc(F)c4)ccc3n2-c2ccnc(NC3CCCC3)n2)cc1. The van der Waals surface area contributed by atoms with E-state index >= 15 is 0 Å². The third-order valence-electron chi connectivity index (χ3n) is 11.4. The standard InChI is InChI=1S/C27H23F2N7.C21H18ClFN6/c28-18-10-8-17(9-11-18)26-35-25-22(12-13-23(33-25)31-21-7-3-4-19(29)16-21)36(26)24-14-15-30-27(34-24)32-20-5-1-2-6-20;22-17-10-9-16-19(26-17)28-20(13-5-7-14(23)8-6-13)29(16)18-11-12-24-21(27-18)25-15-3-1-2-4-15/h3-4,7-16,20H,1-2,5-6H2,(H,31,33)(H,30,32,34);5-12,15H,1-4H2,(H,24,25,27). The lowest BCUT2D eigenvalue weighted by molar-refractivity contribution is 0.627. The van der Waals surface area contributed by atoms with Gasteiger partial charge in [-0.05, 0) is 129 Å². The van der Waals surface area contributed by atoms with E-state index in [9.17, 15) is 13.2 Å². The van der Waals surface area contributed by atoms with Crippen molar-refractivity contribution in [1.29, 1.82) is 0 Å². The van der Waals surface area contributed by atoms with Gasteiger partial charge in [-0.2, -0.15) is 9.97 Å². The summed E-state index contributed by atoms with van der Waals surface area (Å²) in [5, 5.41) is 10.3. The highest BCUT2D eigenvalue weighted by Gasteiger charge is 2.22. The molecule has 0 spiro atoms. The Bertz CT molecular complexity index is 3110. The highest BCUT2D eigenvalue weighted by Crippen LogP contribution is 2.32. The maximum Gasteiger partial charge on any atom is 0.224 e. The van der Waals surface area contributed by atoms with Crippen LogP contribution in [0.1, 0.15) is 51.4 Å². The van der Waals surface area contributed by atoms with Gasteiger partial charge in [-0.1, -0.05) is 43.4 Å². The zero-order valence-corrected chi connectivity index (χ0v) is 35.6. The number of nitrogens with zero attached hydrogens (tertiary/aromatic N) is 10. The summed E-state index contributed by atoms with van der Waals surface area (Å²) in [6.45, 7) is 0. The van der Waals surface area contributed by atoms with Crippen molar-refractivity contribution in [3.8, 4) is 34.4 Å². The third-order valence-corrected chi connectivity index (χ3v) is 11.6. The quantitative estimate of drug-likeness (QED) is 0.113. The Morgan fingerprint density at radius 1 is 0.508 bits per heavy atom. The lowest BCUT2D eigenvalue weighted by Crippen LogP contribution is -2.17. The van der Waals surface area contributed by atoms with Crippen molar-refractivity contribution >= 4 is 57.3 Å². The Morgan fingerprint density at radius 2 is 1.02 bits per heavy atom. The average Bonchev–Trinajstić information content (AvgIpc) is 4.15. The first-order valence-electron chi connectivity index (χ1n) is 21.5. The van der Waals surface area contributed by atoms with Crippen LogP contribution in [0.25, 0.3) is 56.7 Å². The van der Waals surface area contributed by atoms with Crippen LogP contribution in [0.2, 0.25) is 5.15 Å². The summed E-state index contributed by atoms with van der Waals surface area (Å²) in [7, 11) is 0. The van der Waals surface area contributed by atoms with Crippen LogP contribution in [0, 0.1) is 17.5 Å². The summed E-state index contributed by atoms with van der Waals surface area (Å²) < 4.78 is 44.5. The Morgan fingerprint density at radius 3 is 1.54 bits per heavy atom. The molecule has 13 nitrogen and oxygen atoms in total. The van der Waals surface area contributed by atoms with Gasteiger partial charge in [0.1, 0.15) is 51.7 Å². The molecule has 65 heavy (non-hydrogen) atoms. The molecule has 2 fully saturated rings. The normalized spacial score (nSPS) is 14.2. The second kappa shape index (κ2) is 18.3. The molecule has 9 aromatic rings. The lowest BCUT2D eigenvalue weighted by atomic mass is 10.2. The number of hydrogen-bond donors (Lipinski definition) is 3. The van der Waals surface area contributed by atoms with Gasteiger partial charge in [-0.3, -0.25) is 9.13 Å².